The lowest BCUT2D eigenvalue weighted by atomic mass is 10.0. The van der Waals surface area contributed by atoms with Gasteiger partial charge in [-0.05, 0) is 16.7 Å². The van der Waals surface area contributed by atoms with E-state index >= 15 is 0 Å². The van der Waals surface area contributed by atoms with Crippen molar-refractivity contribution in [1.82, 2.24) is 4.90 Å². The molecule has 0 saturated heterocycles. The smallest absolute Gasteiger partial charge is 0.325 e. The summed E-state index contributed by atoms with van der Waals surface area (Å²) in [6.07, 6.45) is 0. The van der Waals surface area contributed by atoms with Crippen LogP contribution in [0.4, 0.5) is 0 Å². The molecule has 3 aromatic carbocycles. The Bertz CT molecular complexity index is 747. The van der Waals surface area contributed by atoms with Crippen molar-refractivity contribution in [3.63, 3.8) is 0 Å². The van der Waals surface area contributed by atoms with Crippen LogP contribution < -0.4 is 0 Å². The molecule has 126 valence electrons. The van der Waals surface area contributed by atoms with Crippen LogP contribution in [0.15, 0.2) is 91.0 Å². The molecule has 0 radical (unpaired) electrons. The molecule has 3 aromatic rings. The molecule has 0 aliphatic rings. The van der Waals surface area contributed by atoms with Crippen molar-refractivity contribution in [2.45, 2.75) is 19.1 Å². The van der Waals surface area contributed by atoms with Gasteiger partial charge in [0.1, 0.15) is 6.04 Å². The van der Waals surface area contributed by atoms with Crippen molar-refractivity contribution in [1.29, 1.82) is 0 Å². The van der Waals surface area contributed by atoms with Gasteiger partial charge >= 0.3 is 5.97 Å². The molecule has 0 fully saturated rings. The highest BCUT2D eigenvalue weighted by Crippen LogP contribution is 2.25. The van der Waals surface area contributed by atoms with Gasteiger partial charge in [0, 0.05) is 13.1 Å². The summed E-state index contributed by atoms with van der Waals surface area (Å²) in [6.45, 7) is 1.14. The predicted octanol–water partition coefficient (Wildman–Crippen LogP) is 4.51. The van der Waals surface area contributed by atoms with Crippen molar-refractivity contribution in [3.05, 3.63) is 108 Å². The molecule has 0 heterocycles. The predicted molar refractivity (Wildman–Crippen MR) is 98.9 cm³/mol. The van der Waals surface area contributed by atoms with Gasteiger partial charge in [0.15, 0.2) is 0 Å². The van der Waals surface area contributed by atoms with Crippen molar-refractivity contribution in [2.75, 3.05) is 0 Å². The van der Waals surface area contributed by atoms with E-state index in [0.29, 0.717) is 13.1 Å². The van der Waals surface area contributed by atoms with Crippen LogP contribution >= 0.6 is 0 Å². The van der Waals surface area contributed by atoms with E-state index in [2.05, 4.69) is 0 Å². The van der Waals surface area contributed by atoms with Crippen molar-refractivity contribution in [2.24, 2.45) is 0 Å². The Morgan fingerprint density at radius 3 is 1.52 bits per heavy atom. The van der Waals surface area contributed by atoms with E-state index in [4.69, 9.17) is 0 Å². The minimum atomic E-state index is -0.835. The Morgan fingerprint density at radius 1 is 0.720 bits per heavy atom. The van der Waals surface area contributed by atoms with Gasteiger partial charge in [-0.25, -0.2) is 0 Å². The van der Waals surface area contributed by atoms with Crippen molar-refractivity contribution in [3.8, 4) is 0 Å². The first-order valence-electron chi connectivity index (χ1n) is 8.33. The Morgan fingerprint density at radius 2 is 1.12 bits per heavy atom. The molecular weight excluding hydrogens is 310 g/mol. The zero-order chi connectivity index (χ0) is 17.5. The highest BCUT2D eigenvalue weighted by atomic mass is 16.4. The van der Waals surface area contributed by atoms with E-state index < -0.39 is 12.0 Å². The SMILES string of the molecule is O=C(O)[C@H](c1ccccc1)N(Cc1ccccc1)Cc1ccccc1. The zero-order valence-electron chi connectivity index (χ0n) is 14.0. The number of hydrogen-bond acceptors (Lipinski definition) is 2. The largest absolute Gasteiger partial charge is 0.480 e. The molecule has 3 heteroatoms. The van der Waals surface area contributed by atoms with E-state index in [9.17, 15) is 9.90 Å². The number of hydrogen-bond donors (Lipinski definition) is 1. The minimum absolute atomic E-state index is 0.571. The van der Waals surface area contributed by atoms with Gasteiger partial charge in [-0.2, -0.15) is 0 Å². The molecule has 1 N–H and O–H groups in total. The summed E-state index contributed by atoms with van der Waals surface area (Å²) in [5.74, 6) is -0.835. The fraction of sp³-hybridized carbons (Fsp3) is 0.136. The molecule has 0 bridgehead atoms. The van der Waals surface area contributed by atoms with Crippen LogP contribution in [0.2, 0.25) is 0 Å². The van der Waals surface area contributed by atoms with Crippen LogP contribution in [0.25, 0.3) is 0 Å². The van der Waals surface area contributed by atoms with E-state index in [1.165, 1.54) is 0 Å². The van der Waals surface area contributed by atoms with Crippen LogP contribution in [0.3, 0.4) is 0 Å². The summed E-state index contributed by atoms with van der Waals surface area (Å²) in [7, 11) is 0. The zero-order valence-corrected chi connectivity index (χ0v) is 14.0. The fourth-order valence-corrected chi connectivity index (χ4v) is 3.02. The summed E-state index contributed by atoms with van der Waals surface area (Å²) >= 11 is 0. The number of carboxylic acids is 1. The highest BCUT2D eigenvalue weighted by Gasteiger charge is 2.27. The summed E-state index contributed by atoms with van der Waals surface area (Å²) in [4.78, 5) is 14.1. The molecule has 0 aliphatic heterocycles. The maximum atomic E-state index is 12.1. The number of carbonyl (C=O) groups is 1. The van der Waals surface area contributed by atoms with E-state index in [-0.39, 0.29) is 0 Å². The molecule has 0 spiro atoms. The second-order valence-corrected chi connectivity index (χ2v) is 6.03. The number of nitrogens with zero attached hydrogens (tertiary/aromatic N) is 1. The summed E-state index contributed by atoms with van der Waals surface area (Å²) in [5, 5.41) is 9.91. The molecular formula is C22H21NO2. The number of benzene rings is 3. The molecule has 0 aliphatic carbocycles. The Hall–Kier alpha value is -2.91. The van der Waals surface area contributed by atoms with Gasteiger partial charge in [0.2, 0.25) is 0 Å². The van der Waals surface area contributed by atoms with Crippen molar-refractivity contribution < 1.29 is 9.90 Å². The summed E-state index contributed by atoms with van der Waals surface area (Å²) < 4.78 is 0. The Balaban J connectivity index is 1.94. The lowest BCUT2D eigenvalue weighted by Gasteiger charge is -2.29. The van der Waals surface area contributed by atoms with Gasteiger partial charge < -0.3 is 5.11 Å². The number of aliphatic carboxylic acids is 1. The van der Waals surface area contributed by atoms with Crippen LogP contribution in [0.5, 0.6) is 0 Å². The molecule has 0 aromatic heterocycles. The van der Waals surface area contributed by atoms with Gasteiger partial charge in [-0.15, -0.1) is 0 Å². The third kappa shape index (κ3) is 4.55. The van der Waals surface area contributed by atoms with Gasteiger partial charge in [0.05, 0.1) is 0 Å². The van der Waals surface area contributed by atoms with Gasteiger partial charge in [-0.1, -0.05) is 91.0 Å². The van der Waals surface area contributed by atoms with E-state index in [0.717, 1.165) is 16.7 Å². The first-order valence-corrected chi connectivity index (χ1v) is 8.33. The van der Waals surface area contributed by atoms with Crippen molar-refractivity contribution >= 4 is 5.97 Å². The normalized spacial score (nSPS) is 12.0. The fourth-order valence-electron chi connectivity index (χ4n) is 3.02. The molecule has 0 saturated carbocycles. The third-order valence-corrected chi connectivity index (χ3v) is 4.17. The standard InChI is InChI=1S/C22H21NO2/c24-22(25)21(20-14-8-3-9-15-20)23(16-18-10-4-1-5-11-18)17-19-12-6-2-7-13-19/h1-15,21H,16-17H2,(H,24,25)/t21-/m0/s1. The maximum absolute atomic E-state index is 12.1. The van der Waals surface area contributed by atoms with Crippen LogP contribution in [0.1, 0.15) is 22.7 Å². The molecule has 0 amide bonds. The monoisotopic (exact) mass is 331 g/mol. The maximum Gasteiger partial charge on any atom is 0.325 e. The summed E-state index contributed by atoms with van der Waals surface area (Å²) in [5.41, 5.74) is 2.99. The van der Waals surface area contributed by atoms with E-state index in [1.807, 2.05) is 95.9 Å². The highest BCUT2D eigenvalue weighted by molar-refractivity contribution is 5.75. The second kappa shape index (κ2) is 8.27. The van der Waals surface area contributed by atoms with Crippen LogP contribution in [0, 0.1) is 0 Å². The first-order chi connectivity index (χ1) is 12.2. The quantitative estimate of drug-likeness (QED) is 0.692. The number of carboxylic acid groups (broad SMARTS) is 1. The molecule has 1 atom stereocenters. The lowest BCUT2D eigenvalue weighted by molar-refractivity contribution is -0.144. The molecule has 3 rings (SSSR count). The molecule has 0 unspecified atom stereocenters. The average Bonchev–Trinajstić information content (AvgIpc) is 2.64. The average molecular weight is 331 g/mol. The topological polar surface area (TPSA) is 40.5 Å². The minimum Gasteiger partial charge on any atom is -0.480 e. The molecule has 25 heavy (non-hydrogen) atoms. The Labute approximate surface area is 148 Å². The van der Waals surface area contributed by atoms with Crippen LogP contribution in [-0.2, 0) is 17.9 Å². The van der Waals surface area contributed by atoms with Crippen LogP contribution in [-0.4, -0.2) is 16.0 Å². The lowest BCUT2D eigenvalue weighted by Crippen LogP contribution is -2.33. The second-order valence-electron chi connectivity index (χ2n) is 6.03. The third-order valence-electron chi connectivity index (χ3n) is 4.17. The molecule has 3 nitrogen and oxygen atoms in total. The van der Waals surface area contributed by atoms with Gasteiger partial charge in [0.25, 0.3) is 0 Å². The summed E-state index contributed by atoms with van der Waals surface area (Å²) in [6, 6.07) is 28.7. The van der Waals surface area contributed by atoms with Gasteiger partial charge in [-0.3, -0.25) is 9.69 Å². The van der Waals surface area contributed by atoms with E-state index in [1.54, 1.807) is 0 Å². The Kier molecular flexibility index (Phi) is 5.60. The first kappa shape index (κ1) is 16.9. The number of rotatable bonds is 7.